The molecule has 0 aliphatic carbocycles. The Morgan fingerprint density at radius 2 is 2.17 bits per heavy atom. The Balaban J connectivity index is 2.26. The average Bonchev–Trinajstić information content (AvgIpc) is 2.75. The molecule has 5 nitrogen and oxygen atoms in total. The quantitative estimate of drug-likeness (QED) is 0.839. The van der Waals surface area contributed by atoms with Gasteiger partial charge in [-0.1, -0.05) is 6.92 Å². The second-order valence-electron chi connectivity index (χ2n) is 3.81. The van der Waals surface area contributed by atoms with Gasteiger partial charge in [-0.25, -0.2) is 15.0 Å². The molecule has 0 unspecified atom stereocenters. The van der Waals surface area contributed by atoms with Crippen molar-refractivity contribution in [1.29, 1.82) is 0 Å². The van der Waals surface area contributed by atoms with Crippen molar-refractivity contribution in [3.63, 3.8) is 0 Å². The maximum absolute atomic E-state index is 4.51. The van der Waals surface area contributed by atoms with Crippen molar-refractivity contribution < 1.29 is 0 Å². The molecule has 0 aliphatic heterocycles. The van der Waals surface area contributed by atoms with Gasteiger partial charge in [0.2, 0.25) is 0 Å². The lowest BCUT2D eigenvalue weighted by atomic mass is 10.4. The molecule has 2 aromatic rings. The van der Waals surface area contributed by atoms with E-state index in [1.54, 1.807) is 18.0 Å². The lowest BCUT2D eigenvalue weighted by Crippen LogP contribution is -2.04. The number of aryl methyl sites for hydroxylation is 2. The molecule has 0 radical (unpaired) electrons. The maximum Gasteiger partial charge on any atom is 0.174 e. The fourth-order valence-corrected chi connectivity index (χ4v) is 2.33. The van der Waals surface area contributed by atoms with Crippen LogP contribution in [0.4, 0.5) is 5.82 Å². The number of anilines is 1. The molecule has 0 fully saturated rings. The van der Waals surface area contributed by atoms with Gasteiger partial charge in [0.1, 0.15) is 16.7 Å². The van der Waals surface area contributed by atoms with E-state index in [4.69, 9.17) is 0 Å². The van der Waals surface area contributed by atoms with Crippen LogP contribution in [0.15, 0.2) is 28.6 Å². The molecule has 18 heavy (non-hydrogen) atoms. The minimum absolute atomic E-state index is 0.827. The first kappa shape index (κ1) is 12.9. The lowest BCUT2D eigenvalue weighted by Gasteiger charge is -2.07. The summed E-state index contributed by atoms with van der Waals surface area (Å²) in [5.74, 6) is 1.73. The lowest BCUT2D eigenvalue weighted by molar-refractivity contribution is 0.786. The Bertz CT molecular complexity index is 523. The molecular formula is C12H17N5S. The number of rotatable bonds is 5. The third-order valence-corrected chi connectivity index (χ3v) is 3.39. The van der Waals surface area contributed by atoms with E-state index in [0.29, 0.717) is 0 Å². The minimum atomic E-state index is 0.827. The van der Waals surface area contributed by atoms with Gasteiger partial charge < -0.3 is 9.88 Å². The Kier molecular flexibility index (Phi) is 4.19. The van der Waals surface area contributed by atoms with Crippen molar-refractivity contribution in [1.82, 2.24) is 19.5 Å². The van der Waals surface area contributed by atoms with E-state index < -0.39 is 0 Å². The van der Waals surface area contributed by atoms with Crippen LogP contribution < -0.4 is 5.32 Å². The molecule has 0 saturated heterocycles. The summed E-state index contributed by atoms with van der Waals surface area (Å²) in [6, 6.07) is 1.96. The SMILES string of the molecule is CCNc1cc(Sc2nccn2C)nc(CC)n1. The van der Waals surface area contributed by atoms with Gasteiger partial charge in [0.15, 0.2) is 5.16 Å². The number of hydrogen-bond acceptors (Lipinski definition) is 5. The molecular weight excluding hydrogens is 246 g/mol. The van der Waals surface area contributed by atoms with Crippen molar-refractivity contribution in [2.45, 2.75) is 30.5 Å². The molecule has 1 N–H and O–H groups in total. The van der Waals surface area contributed by atoms with Crippen LogP contribution in [0.2, 0.25) is 0 Å². The number of aromatic nitrogens is 4. The molecule has 0 aliphatic rings. The van der Waals surface area contributed by atoms with Crippen LogP contribution in [-0.4, -0.2) is 26.1 Å². The Labute approximate surface area is 111 Å². The highest BCUT2D eigenvalue weighted by molar-refractivity contribution is 7.99. The summed E-state index contributed by atoms with van der Waals surface area (Å²) >= 11 is 1.55. The predicted octanol–water partition coefficient (Wildman–Crippen LogP) is 2.36. The van der Waals surface area contributed by atoms with Crippen LogP contribution in [0.25, 0.3) is 0 Å². The fraction of sp³-hybridized carbons (Fsp3) is 0.417. The Hall–Kier alpha value is -1.56. The second-order valence-corrected chi connectivity index (χ2v) is 4.80. The van der Waals surface area contributed by atoms with Gasteiger partial charge in [-0.2, -0.15) is 0 Å². The zero-order chi connectivity index (χ0) is 13.0. The van der Waals surface area contributed by atoms with Gasteiger partial charge >= 0.3 is 0 Å². The highest BCUT2D eigenvalue weighted by atomic mass is 32.2. The van der Waals surface area contributed by atoms with E-state index >= 15 is 0 Å². The van der Waals surface area contributed by atoms with Gasteiger partial charge in [-0.15, -0.1) is 0 Å². The van der Waals surface area contributed by atoms with E-state index in [9.17, 15) is 0 Å². The molecule has 0 saturated carbocycles. The van der Waals surface area contributed by atoms with Gasteiger partial charge in [-0.3, -0.25) is 0 Å². The van der Waals surface area contributed by atoms with Crippen molar-refractivity contribution in [2.24, 2.45) is 7.05 Å². The summed E-state index contributed by atoms with van der Waals surface area (Å²) in [5, 5.41) is 5.08. The number of nitrogens with one attached hydrogen (secondary N) is 1. The van der Waals surface area contributed by atoms with Crippen LogP contribution in [0.1, 0.15) is 19.7 Å². The third-order valence-electron chi connectivity index (χ3n) is 2.40. The number of imidazole rings is 1. The number of nitrogens with zero attached hydrogens (tertiary/aromatic N) is 4. The van der Waals surface area contributed by atoms with Crippen LogP contribution in [0, 0.1) is 0 Å². The van der Waals surface area contributed by atoms with E-state index in [2.05, 4.69) is 34.1 Å². The second kappa shape index (κ2) is 5.86. The van der Waals surface area contributed by atoms with Crippen LogP contribution >= 0.6 is 11.8 Å². The topological polar surface area (TPSA) is 55.6 Å². The van der Waals surface area contributed by atoms with E-state index in [1.807, 2.05) is 23.9 Å². The zero-order valence-corrected chi connectivity index (χ0v) is 11.7. The molecule has 96 valence electrons. The molecule has 0 spiro atoms. The first-order valence-electron chi connectivity index (χ1n) is 6.00. The molecule has 0 aromatic carbocycles. The average molecular weight is 263 g/mol. The number of hydrogen-bond donors (Lipinski definition) is 1. The van der Waals surface area contributed by atoms with Crippen molar-refractivity contribution >= 4 is 17.6 Å². The molecule has 0 amide bonds. The maximum atomic E-state index is 4.51. The summed E-state index contributed by atoms with van der Waals surface area (Å²) in [7, 11) is 1.97. The largest absolute Gasteiger partial charge is 0.370 e. The smallest absolute Gasteiger partial charge is 0.174 e. The fourth-order valence-electron chi connectivity index (χ4n) is 1.50. The monoisotopic (exact) mass is 263 g/mol. The van der Waals surface area contributed by atoms with Gasteiger partial charge in [0.25, 0.3) is 0 Å². The molecule has 0 bridgehead atoms. The van der Waals surface area contributed by atoms with Crippen molar-refractivity contribution in [3.05, 3.63) is 24.3 Å². The summed E-state index contributed by atoms with van der Waals surface area (Å²) in [6.45, 7) is 4.96. The van der Waals surface area contributed by atoms with E-state index in [-0.39, 0.29) is 0 Å². The molecule has 0 atom stereocenters. The summed E-state index contributed by atoms with van der Waals surface area (Å²) in [4.78, 5) is 13.2. The predicted molar refractivity (Wildman–Crippen MR) is 72.9 cm³/mol. The summed E-state index contributed by atoms with van der Waals surface area (Å²) in [6.07, 6.45) is 4.54. The standard InChI is InChI=1S/C12H17N5S/c1-4-9-15-10(13-5-2)8-11(16-9)18-12-14-6-7-17(12)3/h6-8H,4-5H2,1-3H3,(H,13,15,16). The van der Waals surface area contributed by atoms with Crippen LogP contribution in [-0.2, 0) is 13.5 Å². The van der Waals surface area contributed by atoms with Gasteiger partial charge in [0, 0.05) is 38.5 Å². The van der Waals surface area contributed by atoms with Gasteiger partial charge in [-0.05, 0) is 18.7 Å². The zero-order valence-electron chi connectivity index (χ0n) is 10.8. The molecule has 2 rings (SSSR count). The van der Waals surface area contributed by atoms with Crippen LogP contribution in [0.3, 0.4) is 0 Å². The normalized spacial score (nSPS) is 10.6. The first-order valence-corrected chi connectivity index (χ1v) is 6.81. The first-order chi connectivity index (χ1) is 8.72. The Morgan fingerprint density at radius 1 is 1.33 bits per heavy atom. The van der Waals surface area contributed by atoms with E-state index in [0.717, 1.165) is 34.8 Å². The van der Waals surface area contributed by atoms with Gasteiger partial charge in [0.05, 0.1) is 0 Å². The molecule has 2 aromatic heterocycles. The van der Waals surface area contributed by atoms with Crippen molar-refractivity contribution in [3.8, 4) is 0 Å². The summed E-state index contributed by atoms with van der Waals surface area (Å²) in [5.41, 5.74) is 0. The minimum Gasteiger partial charge on any atom is -0.370 e. The van der Waals surface area contributed by atoms with Crippen molar-refractivity contribution in [2.75, 3.05) is 11.9 Å². The summed E-state index contributed by atoms with van der Waals surface area (Å²) < 4.78 is 1.98. The Morgan fingerprint density at radius 3 is 2.78 bits per heavy atom. The third kappa shape index (κ3) is 3.01. The highest BCUT2D eigenvalue weighted by Gasteiger charge is 2.07. The van der Waals surface area contributed by atoms with Crippen LogP contribution in [0.5, 0.6) is 0 Å². The molecule has 6 heteroatoms. The van der Waals surface area contributed by atoms with E-state index in [1.165, 1.54) is 0 Å². The highest BCUT2D eigenvalue weighted by Crippen LogP contribution is 2.25. The molecule has 2 heterocycles.